The van der Waals surface area contributed by atoms with E-state index in [1.807, 2.05) is 49.3 Å². The molecule has 0 bridgehead atoms. The van der Waals surface area contributed by atoms with Crippen molar-refractivity contribution in [3.05, 3.63) is 35.9 Å². The van der Waals surface area contributed by atoms with Crippen LogP contribution in [-0.2, 0) is 16.1 Å². The summed E-state index contributed by atoms with van der Waals surface area (Å²) in [7, 11) is 3.95. The molecule has 0 unspecified atom stereocenters. The first-order valence-electron chi connectivity index (χ1n) is 7.39. The Labute approximate surface area is 130 Å². The summed E-state index contributed by atoms with van der Waals surface area (Å²) >= 11 is 0. The predicted molar refractivity (Wildman–Crippen MR) is 85.2 cm³/mol. The smallest absolute Gasteiger partial charge is 0.270 e. The van der Waals surface area contributed by atoms with Gasteiger partial charge in [-0.05, 0) is 19.7 Å². The van der Waals surface area contributed by atoms with Crippen molar-refractivity contribution in [3.63, 3.8) is 0 Å². The second-order valence-electron chi connectivity index (χ2n) is 5.61. The molecule has 2 rings (SSSR count). The van der Waals surface area contributed by atoms with Gasteiger partial charge in [-0.1, -0.05) is 30.3 Å². The number of likely N-dealkylation sites (N-methyl/N-ethyl adjacent to an activating group) is 1. The van der Waals surface area contributed by atoms with Gasteiger partial charge in [0.15, 0.2) is 0 Å². The highest BCUT2D eigenvalue weighted by Crippen LogP contribution is 2.09. The maximum absolute atomic E-state index is 12.6. The summed E-state index contributed by atoms with van der Waals surface area (Å²) in [4.78, 5) is 27.6. The minimum Gasteiger partial charge on any atom is -0.332 e. The van der Waals surface area contributed by atoms with Crippen LogP contribution in [0.5, 0.6) is 0 Å². The highest BCUT2D eigenvalue weighted by molar-refractivity contribution is 6.39. The zero-order valence-electron chi connectivity index (χ0n) is 13.1. The Morgan fingerprint density at radius 2 is 1.91 bits per heavy atom. The summed E-state index contributed by atoms with van der Waals surface area (Å²) in [5.41, 5.74) is 3.89. The molecule has 1 N–H and O–H groups in total. The first-order chi connectivity index (χ1) is 10.6. The van der Waals surface area contributed by atoms with Gasteiger partial charge in [-0.2, -0.15) is 5.10 Å². The number of hydrogen-bond donors (Lipinski definition) is 1. The summed E-state index contributed by atoms with van der Waals surface area (Å²) in [5.74, 6) is -0.245. The van der Waals surface area contributed by atoms with E-state index < -0.39 is 0 Å². The SMILES string of the molecule is CN(C)CCN(Cc1ccccc1)C(=O)C1=NNC(=O)CC1. The monoisotopic (exact) mass is 302 g/mol. The third-order valence-electron chi connectivity index (χ3n) is 3.47. The van der Waals surface area contributed by atoms with Gasteiger partial charge in [-0.25, -0.2) is 5.43 Å². The molecule has 1 aromatic rings. The van der Waals surface area contributed by atoms with Gasteiger partial charge < -0.3 is 9.80 Å². The summed E-state index contributed by atoms with van der Waals surface area (Å²) in [6, 6.07) is 9.88. The van der Waals surface area contributed by atoms with Crippen molar-refractivity contribution in [1.29, 1.82) is 0 Å². The maximum atomic E-state index is 12.6. The van der Waals surface area contributed by atoms with Crippen LogP contribution in [0.2, 0.25) is 0 Å². The van der Waals surface area contributed by atoms with Gasteiger partial charge in [0, 0.05) is 32.5 Å². The molecule has 0 aliphatic carbocycles. The number of hydrazone groups is 1. The largest absolute Gasteiger partial charge is 0.332 e. The number of rotatable bonds is 6. The number of nitrogens with zero attached hydrogens (tertiary/aromatic N) is 3. The number of amides is 2. The lowest BCUT2D eigenvalue weighted by molar-refractivity contribution is -0.125. The zero-order valence-corrected chi connectivity index (χ0v) is 13.1. The third kappa shape index (κ3) is 4.66. The van der Waals surface area contributed by atoms with E-state index in [9.17, 15) is 9.59 Å². The number of hydrogen-bond acceptors (Lipinski definition) is 4. The molecule has 0 saturated carbocycles. The molecular formula is C16H22N4O2. The molecule has 1 aliphatic heterocycles. The third-order valence-corrected chi connectivity index (χ3v) is 3.47. The fourth-order valence-corrected chi connectivity index (χ4v) is 2.19. The van der Waals surface area contributed by atoms with E-state index >= 15 is 0 Å². The number of carbonyl (C=O) groups is 2. The minimum absolute atomic E-state index is 0.106. The lowest BCUT2D eigenvalue weighted by Crippen LogP contribution is -2.42. The molecule has 1 aromatic carbocycles. The van der Waals surface area contributed by atoms with E-state index in [-0.39, 0.29) is 11.8 Å². The molecular weight excluding hydrogens is 280 g/mol. The number of benzene rings is 1. The molecule has 0 saturated heterocycles. The van der Waals surface area contributed by atoms with Crippen molar-refractivity contribution < 1.29 is 9.59 Å². The van der Waals surface area contributed by atoms with Crippen LogP contribution in [0, 0.1) is 0 Å². The van der Waals surface area contributed by atoms with E-state index in [0.29, 0.717) is 31.6 Å². The number of carbonyl (C=O) groups excluding carboxylic acids is 2. The Hall–Kier alpha value is -2.21. The minimum atomic E-state index is -0.139. The molecule has 1 heterocycles. The Balaban J connectivity index is 2.09. The Kier molecular flexibility index (Phi) is 5.66. The van der Waals surface area contributed by atoms with Crippen LogP contribution in [0.1, 0.15) is 18.4 Å². The molecule has 2 amide bonds. The van der Waals surface area contributed by atoms with Crippen LogP contribution < -0.4 is 5.43 Å². The molecule has 0 atom stereocenters. The molecule has 6 nitrogen and oxygen atoms in total. The molecule has 6 heteroatoms. The molecule has 1 aliphatic rings. The fraction of sp³-hybridized carbons (Fsp3) is 0.438. The quantitative estimate of drug-likeness (QED) is 0.847. The van der Waals surface area contributed by atoms with Crippen LogP contribution in [0.3, 0.4) is 0 Å². The van der Waals surface area contributed by atoms with Crippen LogP contribution in [0.25, 0.3) is 0 Å². The molecule has 22 heavy (non-hydrogen) atoms. The van der Waals surface area contributed by atoms with Crippen molar-refractivity contribution in [2.45, 2.75) is 19.4 Å². The van der Waals surface area contributed by atoms with Crippen LogP contribution in [-0.4, -0.2) is 54.5 Å². The summed E-state index contributed by atoms with van der Waals surface area (Å²) < 4.78 is 0. The summed E-state index contributed by atoms with van der Waals surface area (Å²) in [6.45, 7) is 1.94. The average molecular weight is 302 g/mol. The molecule has 0 fully saturated rings. The van der Waals surface area contributed by atoms with Crippen LogP contribution >= 0.6 is 0 Å². The molecule has 118 valence electrons. The van der Waals surface area contributed by atoms with E-state index in [2.05, 4.69) is 10.5 Å². The molecule has 0 aromatic heterocycles. The normalized spacial score (nSPS) is 14.5. The predicted octanol–water partition coefficient (Wildman–Crippen LogP) is 0.843. The average Bonchev–Trinajstić information content (AvgIpc) is 2.52. The highest BCUT2D eigenvalue weighted by Gasteiger charge is 2.23. The van der Waals surface area contributed by atoms with Gasteiger partial charge in [-0.3, -0.25) is 9.59 Å². The van der Waals surface area contributed by atoms with Gasteiger partial charge in [0.1, 0.15) is 5.71 Å². The van der Waals surface area contributed by atoms with Crippen LogP contribution in [0.15, 0.2) is 35.4 Å². The Morgan fingerprint density at radius 3 is 2.50 bits per heavy atom. The van der Waals surface area contributed by atoms with Gasteiger partial charge >= 0.3 is 0 Å². The van der Waals surface area contributed by atoms with E-state index in [1.54, 1.807) is 4.90 Å². The van der Waals surface area contributed by atoms with Gasteiger partial charge in [0.2, 0.25) is 5.91 Å². The maximum Gasteiger partial charge on any atom is 0.270 e. The van der Waals surface area contributed by atoms with E-state index in [0.717, 1.165) is 12.1 Å². The number of nitrogens with one attached hydrogen (secondary N) is 1. The van der Waals surface area contributed by atoms with Crippen molar-refractivity contribution in [3.8, 4) is 0 Å². The second-order valence-corrected chi connectivity index (χ2v) is 5.61. The summed E-state index contributed by atoms with van der Waals surface area (Å²) in [5, 5.41) is 3.91. The molecule has 0 spiro atoms. The highest BCUT2D eigenvalue weighted by atomic mass is 16.2. The first-order valence-corrected chi connectivity index (χ1v) is 7.39. The van der Waals surface area contributed by atoms with Gasteiger partial charge in [0.05, 0.1) is 0 Å². The lowest BCUT2D eigenvalue weighted by atomic mass is 10.1. The van der Waals surface area contributed by atoms with Crippen LogP contribution in [0.4, 0.5) is 0 Å². The van der Waals surface area contributed by atoms with Crippen molar-refractivity contribution in [2.75, 3.05) is 27.2 Å². The Morgan fingerprint density at radius 1 is 1.18 bits per heavy atom. The zero-order chi connectivity index (χ0) is 15.9. The standard InChI is InChI=1S/C16H22N4O2/c1-19(2)10-11-20(12-13-6-4-3-5-7-13)16(22)14-8-9-15(21)18-17-14/h3-7H,8-12H2,1-2H3,(H,18,21). The fourth-order valence-electron chi connectivity index (χ4n) is 2.19. The van der Waals surface area contributed by atoms with E-state index in [1.165, 1.54) is 0 Å². The first kappa shape index (κ1) is 16.2. The van der Waals surface area contributed by atoms with Gasteiger partial charge in [0.25, 0.3) is 5.91 Å². The summed E-state index contributed by atoms with van der Waals surface area (Å²) in [6.07, 6.45) is 0.718. The van der Waals surface area contributed by atoms with E-state index in [4.69, 9.17) is 0 Å². The topological polar surface area (TPSA) is 65.0 Å². The van der Waals surface area contributed by atoms with Crippen molar-refractivity contribution in [2.24, 2.45) is 5.10 Å². The lowest BCUT2D eigenvalue weighted by Gasteiger charge is -2.26. The van der Waals surface area contributed by atoms with Crippen molar-refractivity contribution in [1.82, 2.24) is 15.2 Å². The molecule has 0 radical (unpaired) electrons. The van der Waals surface area contributed by atoms with Crippen molar-refractivity contribution >= 4 is 17.5 Å². The van der Waals surface area contributed by atoms with Gasteiger partial charge in [-0.15, -0.1) is 0 Å². The Bertz CT molecular complexity index is 555. The second kappa shape index (κ2) is 7.70.